The second-order valence-corrected chi connectivity index (χ2v) is 9.43. The molecule has 0 nitrogen and oxygen atoms in total. The van der Waals surface area contributed by atoms with Crippen LogP contribution in [-0.2, 0) is 6.42 Å². The minimum absolute atomic E-state index is 0.426. The van der Waals surface area contributed by atoms with Crippen LogP contribution in [0.25, 0.3) is 39.4 Å². The van der Waals surface area contributed by atoms with Crippen molar-refractivity contribution in [2.24, 2.45) is 0 Å². The first kappa shape index (κ1) is 17.9. The average Bonchev–Trinajstić information content (AvgIpc) is 3.24. The molecule has 0 bridgehead atoms. The Morgan fingerprint density at radius 2 is 1.90 bits per heavy atom. The van der Waals surface area contributed by atoms with Gasteiger partial charge < -0.3 is 0 Å². The van der Waals surface area contributed by atoms with E-state index in [1.807, 2.05) is 11.3 Å². The van der Waals surface area contributed by atoms with E-state index < -0.39 is 0 Å². The molecule has 3 aromatic carbocycles. The summed E-state index contributed by atoms with van der Waals surface area (Å²) in [6.07, 6.45) is 13.0. The Morgan fingerprint density at radius 3 is 2.80 bits per heavy atom. The van der Waals surface area contributed by atoms with E-state index in [4.69, 9.17) is 0 Å². The van der Waals surface area contributed by atoms with E-state index in [0.717, 1.165) is 19.3 Å². The van der Waals surface area contributed by atoms with Crippen LogP contribution in [-0.4, -0.2) is 0 Å². The lowest BCUT2D eigenvalue weighted by molar-refractivity contribution is 0.923. The summed E-state index contributed by atoms with van der Waals surface area (Å²) in [4.78, 5) is 1.39. The molecule has 0 saturated carbocycles. The fourth-order valence-electron chi connectivity index (χ4n) is 5.07. The molecule has 1 aromatic heterocycles. The fraction of sp³-hybridized carbons (Fsp3) is 0.172. The van der Waals surface area contributed by atoms with Crippen LogP contribution in [0.15, 0.2) is 66.1 Å². The average molecular weight is 405 g/mol. The Morgan fingerprint density at radius 1 is 0.967 bits per heavy atom. The second kappa shape index (κ2) is 7.11. The molecule has 6 rings (SSSR count). The first-order chi connectivity index (χ1) is 14.8. The molecule has 1 heteroatoms. The molecule has 0 amide bonds. The summed E-state index contributed by atoms with van der Waals surface area (Å²) >= 11 is 1.84. The summed E-state index contributed by atoms with van der Waals surface area (Å²) in [5.41, 5.74) is 7.03. The number of hydrogen-bond acceptors (Lipinski definition) is 1. The van der Waals surface area contributed by atoms with Gasteiger partial charge in [0.25, 0.3) is 0 Å². The third kappa shape index (κ3) is 2.88. The monoisotopic (exact) mass is 404 g/mol. The highest BCUT2D eigenvalue weighted by atomic mass is 32.1. The standard InChI is InChI=1S/C29H24S/c1-19-15-16-30-29(19)24-7-4-6-22(17-24)23-10-9-21-12-13-26-25-8-3-2-5-20(25)11-14-27(26)28(21)18-23/h3-4,6-9,11-18,23H,2,5,10H2,1H3. The molecule has 4 aromatic rings. The van der Waals surface area contributed by atoms with Crippen molar-refractivity contribution in [2.45, 2.75) is 32.1 Å². The van der Waals surface area contributed by atoms with Crippen molar-refractivity contribution in [1.29, 1.82) is 0 Å². The number of benzene rings is 3. The van der Waals surface area contributed by atoms with Crippen LogP contribution < -0.4 is 10.4 Å². The van der Waals surface area contributed by atoms with E-state index in [1.165, 1.54) is 53.9 Å². The van der Waals surface area contributed by atoms with E-state index in [-0.39, 0.29) is 0 Å². The Hall–Kier alpha value is -2.90. The highest BCUT2D eigenvalue weighted by Crippen LogP contribution is 2.33. The summed E-state index contributed by atoms with van der Waals surface area (Å²) in [5.74, 6) is 0.426. The van der Waals surface area contributed by atoms with Crippen molar-refractivity contribution in [1.82, 2.24) is 0 Å². The van der Waals surface area contributed by atoms with Crippen LogP contribution in [0, 0.1) is 6.92 Å². The van der Waals surface area contributed by atoms with Gasteiger partial charge in [0.1, 0.15) is 0 Å². The number of allylic oxidation sites excluding steroid dienone is 1. The number of rotatable bonds is 2. The first-order valence-corrected chi connectivity index (χ1v) is 11.7. The normalized spacial score (nSPS) is 17.2. The van der Waals surface area contributed by atoms with Crippen molar-refractivity contribution in [3.05, 3.63) is 98.7 Å². The Bertz CT molecular complexity index is 1430. The summed E-state index contributed by atoms with van der Waals surface area (Å²) in [5, 5.41) is 7.77. The third-order valence-electron chi connectivity index (χ3n) is 6.67. The van der Waals surface area contributed by atoms with Gasteiger partial charge in [-0.3, -0.25) is 0 Å². The van der Waals surface area contributed by atoms with Crippen molar-refractivity contribution in [3.63, 3.8) is 0 Å². The molecule has 30 heavy (non-hydrogen) atoms. The van der Waals surface area contributed by atoms with E-state index in [9.17, 15) is 0 Å². The van der Waals surface area contributed by atoms with Crippen LogP contribution in [0.2, 0.25) is 0 Å². The predicted molar refractivity (Wildman–Crippen MR) is 131 cm³/mol. The Kier molecular flexibility index (Phi) is 4.24. The van der Waals surface area contributed by atoms with Gasteiger partial charge in [-0.05, 0) is 92.7 Å². The lowest BCUT2D eigenvalue weighted by Gasteiger charge is -2.18. The van der Waals surface area contributed by atoms with Gasteiger partial charge in [0, 0.05) is 10.8 Å². The Balaban J connectivity index is 1.50. The highest BCUT2D eigenvalue weighted by molar-refractivity contribution is 7.13. The largest absolute Gasteiger partial charge is 0.144 e. The lowest BCUT2D eigenvalue weighted by Crippen LogP contribution is -2.29. The number of hydrogen-bond donors (Lipinski definition) is 0. The van der Waals surface area contributed by atoms with E-state index in [2.05, 4.69) is 91.2 Å². The summed E-state index contributed by atoms with van der Waals surface area (Å²) in [6.45, 7) is 2.20. The molecule has 0 saturated heterocycles. The molecule has 0 aliphatic heterocycles. The molecular weight excluding hydrogens is 380 g/mol. The third-order valence-corrected chi connectivity index (χ3v) is 7.74. The van der Waals surface area contributed by atoms with Crippen molar-refractivity contribution in [2.75, 3.05) is 0 Å². The maximum absolute atomic E-state index is 2.51. The molecule has 1 unspecified atom stereocenters. The summed E-state index contributed by atoms with van der Waals surface area (Å²) in [7, 11) is 0. The van der Waals surface area contributed by atoms with Crippen LogP contribution in [0.1, 0.15) is 41.0 Å². The maximum atomic E-state index is 2.51. The minimum Gasteiger partial charge on any atom is -0.144 e. The van der Waals surface area contributed by atoms with Gasteiger partial charge in [-0.2, -0.15) is 0 Å². The SMILES string of the molecule is Cc1ccsc1-c1cccc(C2C=c3c(ccc4c5c(ccc34)CCC=C5)=CC2)c1. The lowest BCUT2D eigenvalue weighted by atomic mass is 9.86. The highest BCUT2D eigenvalue weighted by Gasteiger charge is 2.15. The molecule has 0 radical (unpaired) electrons. The molecule has 0 N–H and O–H groups in total. The topological polar surface area (TPSA) is 0 Å². The van der Waals surface area contributed by atoms with Gasteiger partial charge in [0.2, 0.25) is 0 Å². The van der Waals surface area contributed by atoms with Gasteiger partial charge in [0.05, 0.1) is 0 Å². The molecule has 0 fully saturated rings. The van der Waals surface area contributed by atoms with Gasteiger partial charge in [-0.15, -0.1) is 11.3 Å². The van der Waals surface area contributed by atoms with Crippen LogP contribution in [0.5, 0.6) is 0 Å². The molecule has 1 atom stereocenters. The van der Waals surface area contributed by atoms with Crippen molar-refractivity contribution >= 4 is 40.3 Å². The second-order valence-electron chi connectivity index (χ2n) is 8.51. The molecule has 2 aliphatic rings. The molecule has 0 spiro atoms. The van der Waals surface area contributed by atoms with Crippen molar-refractivity contribution in [3.8, 4) is 10.4 Å². The molecule has 1 heterocycles. The molecule has 2 aliphatic carbocycles. The van der Waals surface area contributed by atoms with Crippen LogP contribution in [0.3, 0.4) is 0 Å². The fourth-order valence-corrected chi connectivity index (χ4v) is 5.99. The van der Waals surface area contributed by atoms with Crippen molar-refractivity contribution < 1.29 is 0 Å². The van der Waals surface area contributed by atoms with E-state index in [1.54, 1.807) is 0 Å². The van der Waals surface area contributed by atoms with Gasteiger partial charge in [0.15, 0.2) is 0 Å². The Labute approximate surface area is 181 Å². The van der Waals surface area contributed by atoms with Crippen LogP contribution in [0.4, 0.5) is 0 Å². The summed E-state index contributed by atoms with van der Waals surface area (Å²) in [6, 6.07) is 20.7. The first-order valence-electron chi connectivity index (χ1n) is 10.9. The smallest absolute Gasteiger partial charge is 0.0371 e. The van der Waals surface area contributed by atoms with Gasteiger partial charge in [-0.25, -0.2) is 0 Å². The van der Waals surface area contributed by atoms with Gasteiger partial charge in [-0.1, -0.05) is 66.8 Å². The zero-order chi connectivity index (χ0) is 20.1. The van der Waals surface area contributed by atoms with E-state index >= 15 is 0 Å². The quantitative estimate of drug-likeness (QED) is 0.354. The predicted octanol–water partition coefficient (Wildman–Crippen LogP) is 6.58. The molecule has 146 valence electrons. The maximum Gasteiger partial charge on any atom is 0.0371 e. The number of fused-ring (bicyclic) bond motifs is 5. The molecular formula is C29H24S. The number of aryl methyl sites for hydroxylation is 2. The zero-order valence-corrected chi connectivity index (χ0v) is 18.0. The van der Waals surface area contributed by atoms with E-state index in [0.29, 0.717) is 5.92 Å². The number of thiophene rings is 1. The minimum atomic E-state index is 0.426. The van der Waals surface area contributed by atoms with Gasteiger partial charge >= 0.3 is 0 Å². The zero-order valence-electron chi connectivity index (χ0n) is 17.2. The summed E-state index contributed by atoms with van der Waals surface area (Å²) < 4.78 is 0. The van der Waals surface area contributed by atoms with Crippen LogP contribution >= 0.6 is 11.3 Å².